The van der Waals surface area contributed by atoms with Crippen molar-refractivity contribution in [2.24, 2.45) is 5.92 Å². The van der Waals surface area contributed by atoms with Crippen molar-refractivity contribution < 1.29 is 24.2 Å². The van der Waals surface area contributed by atoms with Crippen LogP contribution in [0, 0.1) is 11.7 Å². The number of phenols is 1. The van der Waals surface area contributed by atoms with Crippen LogP contribution in [0.4, 0.5) is 4.39 Å². The van der Waals surface area contributed by atoms with E-state index in [0.29, 0.717) is 25.7 Å². The Morgan fingerprint density at radius 1 is 1.20 bits per heavy atom. The average Bonchev–Trinajstić information content (AvgIpc) is 2.39. The van der Waals surface area contributed by atoms with Crippen LogP contribution in [0.1, 0.15) is 36.0 Å². The summed E-state index contributed by atoms with van der Waals surface area (Å²) in [5, 5.41) is 21.1. The Hall–Kier alpha value is -2.11. The van der Waals surface area contributed by atoms with Crippen LogP contribution in [-0.2, 0) is 4.79 Å². The highest BCUT2D eigenvalue weighted by Gasteiger charge is 2.28. The normalized spacial score (nSPS) is 22.2. The van der Waals surface area contributed by atoms with Crippen LogP contribution in [0.15, 0.2) is 18.2 Å². The summed E-state index contributed by atoms with van der Waals surface area (Å²) in [5.41, 5.74) is -0.368. The van der Waals surface area contributed by atoms with Crippen LogP contribution in [0.25, 0.3) is 0 Å². The van der Waals surface area contributed by atoms with E-state index in [4.69, 9.17) is 5.11 Å². The third kappa shape index (κ3) is 3.07. The predicted octanol–water partition coefficient (Wildman–Crippen LogP) is 1.90. The lowest BCUT2D eigenvalue weighted by atomic mass is 9.86. The highest BCUT2D eigenvalue weighted by Crippen LogP contribution is 2.26. The molecule has 1 saturated carbocycles. The van der Waals surface area contributed by atoms with Gasteiger partial charge in [0.25, 0.3) is 5.91 Å². The molecule has 0 aromatic heterocycles. The Balaban J connectivity index is 1.98. The molecular formula is C14H16FNO4. The van der Waals surface area contributed by atoms with Crippen molar-refractivity contribution in [3.8, 4) is 5.75 Å². The maximum absolute atomic E-state index is 13.5. The Kier molecular flexibility index (Phi) is 4.22. The highest BCUT2D eigenvalue weighted by atomic mass is 19.1. The van der Waals surface area contributed by atoms with Gasteiger partial charge in [-0.3, -0.25) is 9.59 Å². The van der Waals surface area contributed by atoms with Gasteiger partial charge in [0.1, 0.15) is 17.1 Å². The molecule has 1 aromatic carbocycles. The lowest BCUT2D eigenvalue weighted by Crippen LogP contribution is -2.39. The fraction of sp³-hybridized carbons (Fsp3) is 0.429. The molecule has 0 spiro atoms. The molecule has 108 valence electrons. The van der Waals surface area contributed by atoms with Crippen LogP contribution in [0.2, 0.25) is 0 Å². The molecule has 1 aromatic rings. The zero-order chi connectivity index (χ0) is 14.7. The molecule has 20 heavy (non-hydrogen) atoms. The molecule has 0 atom stereocenters. The third-order valence-electron chi connectivity index (χ3n) is 3.63. The number of carbonyl (C=O) groups excluding carboxylic acids is 1. The van der Waals surface area contributed by atoms with Gasteiger partial charge >= 0.3 is 5.97 Å². The summed E-state index contributed by atoms with van der Waals surface area (Å²) in [4.78, 5) is 22.8. The zero-order valence-electron chi connectivity index (χ0n) is 10.8. The maximum atomic E-state index is 13.5. The van der Waals surface area contributed by atoms with Crippen molar-refractivity contribution in [3.63, 3.8) is 0 Å². The van der Waals surface area contributed by atoms with E-state index < -0.39 is 23.4 Å². The first kappa shape index (κ1) is 14.3. The van der Waals surface area contributed by atoms with E-state index in [0.717, 1.165) is 6.07 Å². The van der Waals surface area contributed by atoms with Gasteiger partial charge in [-0.2, -0.15) is 0 Å². The van der Waals surface area contributed by atoms with Gasteiger partial charge in [0.05, 0.1) is 5.92 Å². The van der Waals surface area contributed by atoms with Crippen molar-refractivity contribution >= 4 is 11.9 Å². The summed E-state index contributed by atoms with van der Waals surface area (Å²) in [6.07, 6.45) is 2.06. The van der Waals surface area contributed by atoms with Gasteiger partial charge < -0.3 is 15.5 Å². The fourth-order valence-electron chi connectivity index (χ4n) is 2.48. The SMILES string of the molecule is O=C(NC1CCC(C(=O)O)CC1)c1c(O)cccc1F. The van der Waals surface area contributed by atoms with Gasteiger partial charge in [0.2, 0.25) is 0 Å². The lowest BCUT2D eigenvalue weighted by molar-refractivity contribution is -0.142. The summed E-state index contributed by atoms with van der Waals surface area (Å²) in [5.74, 6) is -3.03. The van der Waals surface area contributed by atoms with Gasteiger partial charge in [0.15, 0.2) is 0 Å². The van der Waals surface area contributed by atoms with Gasteiger partial charge in [-0.05, 0) is 37.8 Å². The van der Waals surface area contributed by atoms with Crippen LogP contribution < -0.4 is 5.32 Å². The van der Waals surface area contributed by atoms with E-state index in [1.54, 1.807) is 0 Å². The van der Waals surface area contributed by atoms with E-state index in [2.05, 4.69) is 5.32 Å². The summed E-state index contributed by atoms with van der Waals surface area (Å²) in [7, 11) is 0. The monoisotopic (exact) mass is 281 g/mol. The van der Waals surface area contributed by atoms with E-state index in [1.807, 2.05) is 0 Å². The average molecular weight is 281 g/mol. The minimum atomic E-state index is -0.818. The first-order chi connectivity index (χ1) is 9.49. The summed E-state index contributed by atoms with van der Waals surface area (Å²) >= 11 is 0. The number of aliphatic carboxylic acids is 1. The molecule has 6 heteroatoms. The smallest absolute Gasteiger partial charge is 0.306 e. The standard InChI is InChI=1S/C14H16FNO4/c15-10-2-1-3-11(17)12(10)13(18)16-9-6-4-8(5-7-9)14(19)20/h1-3,8-9,17H,4-7H2,(H,16,18)(H,19,20). The second-order valence-electron chi connectivity index (χ2n) is 4.99. The maximum Gasteiger partial charge on any atom is 0.306 e. The molecule has 2 rings (SSSR count). The number of hydrogen-bond acceptors (Lipinski definition) is 3. The molecule has 1 fully saturated rings. The summed E-state index contributed by atoms with van der Waals surface area (Å²) in [6.45, 7) is 0. The predicted molar refractivity (Wildman–Crippen MR) is 68.9 cm³/mol. The number of halogens is 1. The number of nitrogens with one attached hydrogen (secondary N) is 1. The number of aromatic hydroxyl groups is 1. The van der Waals surface area contributed by atoms with E-state index in [1.165, 1.54) is 12.1 Å². The molecule has 0 aliphatic heterocycles. The number of carboxylic acids is 1. The molecule has 0 unspecified atom stereocenters. The molecule has 0 saturated heterocycles. The number of hydrogen-bond donors (Lipinski definition) is 3. The van der Waals surface area contributed by atoms with Crippen molar-refractivity contribution in [1.82, 2.24) is 5.32 Å². The fourth-order valence-corrected chi connectivity index (χ4v) is 2.48. The molecule has 0 bridgehead atoms. The van der Waals surface area contributed by atoms with Gasteiger partial charge in [0, 0.05) is 6.04 Å². The van der Waals surface area contributed by atoms with Gasteiger partial charge in [-0.1, -0.05) is 6.07 Å². The van der Waals surface area contributed by atoms with Crippen molar-refractivity contribution in [2.75, 3.05) is 0 Å². The molecule has 1 amide bonds. The number of carboxylic acid groups (broad SMARTS) is 1. The molecule has 0 radical (unpaired) electrons. The van der Waals surface area contributed by atoms with Crippen molar-refractivity contribution in [2.45, 2.75) is 31.7 Å². The van der Waals surface area contributed by atoms with Crippen LogP contribution >= 0.6 is 0 Å². The minimum Gasteiger partial charge on any atom is -0.507 e. The highest BCUT2D eigenvalue weighted by molar-refractivity contribution is 5.97. The van der Waals surface area contributed by atoms with Crippen molar-refractivity contribution in [3.05, 3.63) is 29.6 Å². The Bertz CT molecular complexity index is 504. The number of phenolic OH excluding ortho intramolecular Hbond substituents is 1. The zero-order valence-corrected chi connectivity index (χ0v) is 10.8. The van der Waals surface area contributed by atoms with Crippen LogP contribution in [0.5, 0.6) is 5.75 Å². The third-order valence-corrected chi connectivity index (χ3v) is 3.63. The Morgan fingerprint density at radius 2 is 1.85 bits per heavy atom. The first-order valence-corrected chi connectivity index (χ1v) is 6.50. The molecular weight excluding hydrogens is 265 g/mol. The number of benzene rings is 1. The lowest BCUT2D eigenvalue weighted by Gasteiger charge is -2.26. The number of carbonyl (C=O) groups is 2. The molecule has 1 aliphatic rings. The van der Waals surface area contributed by atoms with Crippen molar-refractivity contribution in [1.29, 1.82) is 0 Å². The molecule has 5 nitrogen and oxygen atoms in total. The largest absolute Gasteiger partial charge is 0.507 e. The Morgan fingerprint density at radius 3 is 2.40 bits per heavy atom. The minimum absolute atomic E-state index is 0.183. The number of rotatable bonds is 3. The summed E-state index contributed by atoms with van der Waals surface area (Å²) < 4.78 is 13.5. The first-order valence-electron chi connectivity index (χ1n) is 6.50. The molecule has 0 heterocycles. The molecule has 3 N–H and O–H groups in total. The Labute approximate surface area is 115 Å². The summed E-state index contributed by atoms with van der Waals surface area (Å²) in [6, 6.07) is 3.49. The molecule has 1 aliphatic carbocycles. The van der Waals surface area contributed by atoms with Crippen LogP contribution in [0.3, 0.4) is 0 Å². The van der Waals surface area contributed by atoms with E-state index >= 15 is 0 Å². The van der Waals surface area contributed by atoms with E-state index in [9.17, 15) is 19.1 Å². The second kappa shape index (κ2) is 5.90. The van der Waals surface area contributed by atoms with Crippen LogP contribution in [-0.4, -0.2) is 28.1 Å². The topological polar surface area (TPSA) is 86.6 Å². The van der Waals surface area contributed by atoms with Gasteiger partial charge in [-0.25, -0.2) is 4.39 Å². The quantitative estimate of drug-likeness (QED) is 0.789. The number of amides is 1. The van der Waals surface area contributed by atoms with E-state index in [-0.39, 0.29) is 17.5 Å². The van der Waals surface area contributed by atoms with Gasteiger partial charge in [-0.15, -0.1) is 0 Å². The second-order valence-corrected chi connectivity index (χ2v) is 4.99.